The summed E-state index contributed by atoms with van der Waals surface area (Å²) in [7, 11) is 2.15. The molecule has 1 aliphatic rings. The fourth-order valence-electron chi connectivity index (χ4n) is 1.09. The van der Waals surface area contributed by atoms with Crippen LogP contribution in [0.5, 0.6) is 0 Å². The molecule has 0 saturated carbocycles. The summed E-state index contributed by atoms with van der Waals surface area (Å²) in [5.41, 5.74) is 0. The van der Waals surface area contributed by atoms with Crippen LogP contribution < -0.4 is 5.32 Å². The van der Waals surface area contributed by atoms with E-state index in [2.05, 4.69) is 22.2 Å². The second-order valence-electron chi connectivity index (χ2n) is 3.08. The van der Waals surface area contributed by atoms with Crippen LogP contribution in [-0.2, 0) is 0 Å². The van der Waals surface area contributed by atoms with E-state index in [0.29, 0.717) is 0 Å². The number of hydrogen-bond acceptors (Lipinski definition) is 3. The van der Waals surface area contributed by atoms with Crippen molar-refractivity contribution >= 4 is 0 Å². The number of aromatic nitrogens is 1. The first kappa shape index (κ1) is 14.1. The fourth-order valence-corrected chi connectivity index (χ4v) is 1.09. The molecule has 2 rings (SSSR count). The molecule has 15 heavy (non-hydrogen) atoms. The molecular formula is C12H23N3. The predicted octanol–water partition coefficient (Wildman–Crippen LogP) is 1.63. The third-order valence-electron chi connectivity index (χ3n) is 1.91. The number of rotatable bonds is 0. The molecule has 0 unspecified atom stereocenters. The van der Waals surface area contributed by atoms with Crippen LogP contribution in [0.1, 0.15) is 13.8 Å². The van der Waals surface area contributed by atoms with Gasteiger partial charge in [-0.1, -0.05) is 19.9 Å². The van der Waals surface area contributed by atoms with E-state index in [1.165, 1.54) is 13.1 Å². The molecule has 0 aliphatic carbocycles. The summed E-state index contributed by atoms with van der Waals surface area (Å²) in [6.45, 7) is 8.74. The number of nitrogens with one attached hydrogen (secondary N) is 1. The van der Waals surface area contributed by atoms with Crippen molar-refractivity contribution in [1.82, 2.24) is 15.2 Å². The predicted molar refractivity (Wildman–Crippen MR) is 66.0 cm³/mol. The molecule has 0 amide bonds. The van der Waals surface area contributed by atoms with Crippen LogP contribution >= 0.6 is 0 Å². The number of nitrogens with zero attached hydrogens (tertiary/aromatic N) is 2. The summed E-state index contributed by atoms with van der Waals surface area (Å²) >= 11 is 0. The Morgan fingerprint density at radius 1 is 1.00 bits per heavy atom. The van der Waals surface area contributed by atoms with Gasteiger partial charge in [0.2, 0.25) is 0 Å². The average molecular weight is 209 g/mol. The molecule has 1 fully saturated rings. The van der Waals surface area contributed by atoms with E-state index in [4.69, 9.17) is 0 Å². The van der Waals surface area contributed by atoms with Gasteiger partial charge in [0.25, 0.3) is 0 Å². The molecule has 2 heterocycles. The second kappa shape index (κ2) is 11.1. The van der Waals surface area contributed by atoms with Crippen LogP contribution in [0.3, 0.4) is 0 Å². The van der Waals surface area contributed by atoms with E-state index in [-0.39, 0.29) is 0 Å². The second-order valence-corrected chi connectivity index (χ2v) is 3.08. The summed E-state index contributed by atoms with van der Waals surface area (Å²) in [6.07, 6.45) is 3.50. The zero-order valence-corrected chi connectivity index (χ0v) is 10.1. The number of piperazine rings is 1. The van der Waals surface area contributed by atoms with Crippen LogP contribution in [0.2, 0.25) is 0 Å². The molecule has 1 aliphatic heterocycles. The molecule has 1 N–H and O–H groups in total. The lowest BCUT2D eigenvalue weighted by Gasteiger charge is -2.21. The molecular weight excluding hydrogens is 186 g/mol. The van der Waals surface area contributed by atoms with E-state index in [1.807, 2.05) is 32.0 Å². The zero-order valence-electron chi connectivity index (χ0n) is 10.1. The van der Waals surface area contributed by atoms with Crippen molar-refractivity contribution < 1.29 is 0 Å². The highest BCUT2D eigenvalue weighted by Gasteiger charge is 2.01. The zero-order chi connectivity index (χ0) is 11.4. The van der Waals surface area contributed by atoms with Crippen LogP contribution in [0.25, 0.3) is 0 Å². The molecule has 1 aromatic heterocycles. The molecule has 3 nitrogen and oxygen atoms in total. The normalized spacial score (nSPS) is 15.4. The Labute approximate surface area is 93.5 Å². The van der Waals surface area contributed by atoms with E-state index in [0.717, 1.165) is 13.1 Å². The van der Waals surface area contributed by atoms with Gasteiger partial charge in [0.15, 0.2) is 0 Å². The SMILES string of the molecule is CC.CN1CCNCC1.c1ccncc1. The minimum Gasteiger partial charge on any atom is -0.314 e. The van der Waals surface area contributed by atoms with Gasteiger partial charge in [0.1, 0.15) is 0 Å². The summed E-state index contributed by atoms with van der Waals surface area (Å²) < 4.78 is 0. The largest absolute Gasteiger partial charge is 0.314 e. The van der Waals surface area contributed by atoms with E-state index < -0.39 is 0 Å². The van der Waals surface area contributed by atoms with Gasteiger partial charge >= 0.3 is 0 Å². The standard InChI is InChI=1S/C5H12N2.C5H5N.C2H6/c1-7-4-2-6-3-5-7;1-2-4-6-5-3-1;1-2/h6H,2-5H2,1H3;1-5H;1-2H3. The Hall–Kier alpha value is -0.930. The van der Waals surface area contributed by atoms with Crippen molar-refractivity contribution in [2.75, 3.05) is 33.2 Å². The van der Waals surface area contributed by atoms with Gasteiger partial charge in [-0.15, -0.1) is 0 Å². The van der Waals surface area contributed by atoms with E-state index >= 15 is 0 Å². The lowest BCUT2D eigenvalue weighted by Crippen LogP contribution is -2.40. The summed E-state index contributed by atoms with van der Waals surface area (Å²) in [4.78, 5) is 6.11. The van der Waals surface area contributed by atoms with Crippen LogP contribution in [-0.4, -0.2) is 43.1 Å². The minimum atomic E-state index is 1.16. The van der Waals surface area contributed by atoms with Crippen molar-refractivity contribution in [3.05, 3.63) is 30.6 Å². The Bertz CT molecular complexity index is 169. The van der Waals surface area contributed by atoms with E-state index in [1.54, 1.807) is 12.4 Å². The average Bonchev–Trinajstić information content (AvgIpc) is 2.36. The first-order valence-electron chi connectivity index (χ1n) is 5.64. The lowest BCUT2D eigenvalue weighted by molar-refractivity contribution is 0.291. The highest BCUT2D eigenvalue weighted by Crippen LogP contribution is 1.83. The lowest BCUT2D eigenvalue weighted by atomic mass is 10.4. The summed E-state index contributed by atoms with van der Waals surface area (Å²) in [5.74, 6) is 0. The van der Waals surface area contributed by atoms with Gasteiger partial charge in [-0.3, -0.25) is 4.98 Å². The molecule has 0 aromatic carbocycles. The smallest absolute Gasteiger partial charge is 0.0267 e. The molecule has 0 spiro atoms. The first-order chi connectivity index (χ1) is 7.39. The summed E-state index contributed by atoms with van der Waals surface area (Å²) in [6, 6.07) is 5.72. The van der Waals surface area contributed by atoms with Crippen molar-refractivity contribution in [3.8, 4) is 0 Å². The van der Waals surface area contributed by atoms with Gasteiger partial charge in [0.05, 0.1) is 0 Å². The highest BCUT2D eigenvalue weighted by atomic mass is 15.2. The third kappa shape index (κ3) is 9.38. The fraction of sp³-hybridized carbons (Fsp3) is 0.583. The van der Waals surface area contributed by atoms with Crippen molar-refractivity contribution in [2.24, 2.45) is 0 Å². The maximum absolute atomic E-state index is 3.78. The maximum atomic E-state index is 3.78. The molecule has 1 saturated heterocycles. The number of likely N-dealkylation sites (N-methyl/N-ethyl adjacent to an activating group) is 1. The Kier molecular flexibility index (Phi) is 10.5. The quantitative estimate of drug-likeness (QED) is 0.704. The Morgan fingerprint density at radius 2 is 1.53 bits per heavy atom. The van der Waals surface area contributed by atoms with Gasteiger partial charge in [-0.2, -0.15) is 0 Å². The Morgan fingerprint density at radius 3 is 1.73 bits per heavy atom. The van der Waals surface area contributed by atoms with E-state index in [9.17, 15) is 0 Å². The topological polar surface area (TPSA) is 28.2 Å². The van der Waals surface area contributed by atoms with Gasteiger partial charge in [-0.25, -0.2) is 0 Å². The number of pyridine rings is 1. The van der Waals surface area contributed by atoms with Crippen molar-refractivity contribution in [2.45, 2.75) is 13.8 Å². The molecule has 1 aromatic rings. The molecule has 0 bridgehead atoms. The highest BCUT2D eigenvalue weighted by molar-refractivity contribution is 4.88. The number of hydrogen-bond donors (Lipinski definition) is 1. The molecule has 0 atom stereocenters. The first-order valence-corrected chi connectivity index (χ1v) is 5.64. The van der Waals surface area contributed by atoms with Gasteiger partial charge < -0.3 is 10.2 Å². The van der Waals surface area contributed by atoms with Gasteiger partial charge in [-0.05, 0) is 19.2 Å². The minimum absolute atomic E-state index is 1.16. The van der Waals surface area contributed by atoms with Crippen molar-refractivity contribution in [1.29, 1.82) is 0 Å². The molecule has 86 valence electrons. The van der Waals surface area contributed by atoms with Crippen LogP contribution in [0.15, 0.2) is 30.6 Å². The monoisotopic (exact) mass is 209 g/mol. The summed E-state index contributed by atoms with van der Waals surface area (Å²) in [5, 5.41) is 3.27. The molecule has 3 heteroatoms. The van der Waals surface area contributed by atoms with Crippen LogP contribution in [0.4, 0.5) is 0 Å². The maximum Gasteiger partial charge on any atom is 0.0267 e. The Balaban J connectivity index is 0.000000227. The molecule has 0 radical (unpaired) electrons. The van der Waals surface area contributed by atoms with Gasteiger partial charge in [0, 0.05) is 38.6 Å². The third-order valence-corrected chi connectivity index (χ3v) is 1.91. The van der Waals surface area contributed by atoms with Crippen LogP contribution in [0, 0.1) is 0 Å². The van der Waals surface area contributed by atoms with Crippen molar-refractivity contribution in [3.63, 3.8) is 0 Å².